The summed E-state index contributed by atoms with van der Waals surface area (Å²) in [6.45, 7) is 12.0. The van der Waals surface area contributed by atoms with Crippen LogP contribution >= 0.6 is 0 Å². The van der Waals surface area contributed by atoms with E-state index in [1.165, 1.54) is 19.3 Å². The predicted octanol–water partition coefficient (Wildman–Crippen LogP) is 3.87. The first-order chi connectivity index (χ1) is 9.72. The van der Waals surface area contributed by atoms with Crippen LogP contribution in [0.15, 0.2) is 12.2 Å². The number of carbonyl (C=O) groups is 1. The van der Waals surface area contributed by atoms with Crippen molar-refractivity contribution < 1.29 is 9.22 Å². The van der Waals surface area contributed by atoms with Crippen LogP contribution < -0.4 is 5.32 Å². The second-order valence-electron chi connectivity index (χ2n) is 8.06. The number of amides is 1. The maximum Gasteiger partial charge on any atom is 0.225 e. The standard InChI is InChI=1S/C17H31NO2Si/c1-17(2,3)21(4,5)20-12-11-14-15(18-16(14)19)13-9-7-6-8-10-13/h7,9,13-15H,6,8,10-12H2,1-5H3,(H,18,19)/t13-,14+,15-/m1/s1. The minimum Gasteiger partial charge on any atom is -0.417 e. The Balaban J connectivity index is 1.83. The second-order valence-corrected chi connectivity index (χ2v) is 12.9. The molecule has 1 fully saturated rings. The molecule has 1 N–H and O–H groups in total. The average Bonchev–Trinajstić information content (AvgIpc) is 2.40. The van der Waals surface area contributed by atoms with Gasteiger partial charge in [0.2, 0.25) is 5.91 Å². The van der Waals surface area contributed by atoms with Crippen LogP contribution in [0.5, 0.6) is 0 Å². The van der Waals surface area contributed by atoms with Crippen LogP contribution in [0.25, 0.3) is 0 Å². The lowest BCUT2D eigenvalue weighted by atomic mass is 9.76. The summed E-state index contributed by atoms with van der Waals surface area (Å²) in [5.74, 6) is 0.912. The highest BCUT2D eigenvalue weighted by Crippen LogP contribution is 2.37. The maximum absolute atomic E-state index is 11.9. The Morgan fingerprint density at radius 1 is 1.38 bits per heavy atom. The first-order valence-corrected chi connectivity index (χ1v) is 11.2. The van der Waals surface area contributed by atoms with Gasteiger partial charge in [-0.2, -0.15) is 0 Å². The Bertz CT molecular complexity index is 412. The monoisotopic (exact) mass is 309 g/mol. The van der Waals surface area contributed by atoms with Crippen molar-refractivity contribution in [2.45, 2.75) is 70.6 Å². The van der Waals surface area contributed by atoms with Crippen LogP contribution in [0.2, 0.25) is 18.1 Å². The van der Waals surface area contributed by atoms with Crippen LogP contribution in [0.1, 0.15) is 46.5 Å². The number of rotatable bonds is 5. The molecule has 1 amide bonds. The van der Waals surface area contributed by atoms with Crippen LogP contribution in [-0.2, 0) is 9.22 Å². The summed E-state index contributed by atoms with van der Waals surface area (Å²) >= 11 is 0. The van der Waals surface area contributed by atoms with E-state index in [1.807, 2.05) is 0 Å². The van der Waals surface area contributed by atoms with Gasteiger partial charge in [-0.15, -0.1) is 0 Å². The molecule has 4 heteroatoms. The molecule has 3 nitrogen and oxygen atoms in total. The summed E-state index contributed by atoms with van der Waals surface area (Å²) in [4.78, 5) is 11.9. The summed E-state index contributed by atoms with van der Waals surface area (Å²) in [7, 11) is -1.69. The lowest BCUT2D eigenvalue weighted by Gasteiger charge is -2.43. The average molecular weight is 310 g/mol. The Morgan fingerprint density at radius 3 is 2.62 bits per heavy atom. The van der Waals surface area contributed by atoms with Gasteiger partial charge in [-0.05, 0) is 49.7 Å². The van der Waals surface area contributed by atoms with Gasteiger partial charge in [0.05, 0.1) is 5.92 Å². The minimum absolute atomic E-state index is 0.155. The van der Waals surface area contributed by atoms with Gasteiger partial charge >= 0.3 is 0 Å². The number of allylic oxidation sites excluding steroid dienone is 1. The quantitative estimate of drug-likeness (QED) is 0.475. The molecular formula is C17H31NO2Si. The van der Waals surface area contributed by atoms with Crippen molar-refractivity contribution in [1.82, 2.24) is 5.32 Å². The van der Waals surface area contributed by atoms with Crippen molar-refractivity contribution in [2.24, 2.45) is 11.8 Å². The van der Waals surface area contributed by atoms with Crippen molar-refractivity contribution >= 4 is 14.2 Å². The van der Waals surface area contributed by atoms with Gasteiger partial charge in [-0.25, -0.2) is 0 Å². The SMILES string of the molecule is CC(C)(C)[Si](C)(C)OCC[C@@H]1C(=O)N[C@@H]1[C@@H]1C=CCCC1. The third-order valence-electron chi connectivity index (χ3n) is 5.53. The highest BCUT2D eigenvalue weighted by atomic mass is 28.4. The molecule has 1 saturated heterocycles. The smallest absolute Gasteiger partial charge is 0.225 e. The van der Waals surface area contributed by atoms with E-state index in [1.54, 1.807) is 0 Å². The Hall–Kier alpha value is -0.613. The van der Waals surface area contributed by atoms with Gasteiger partial charge in [0.25, 0.3) is 0 Å². The summed E-state index contributed by atoms with van der Waals surface area (Å²) in [6.07, 6.45) is 9.09. The van der Waals surface area contributed by atoms with Crippen molar-refractivity contribution in [2.75, 3.05) is 6.61 Å². The molecule has 2 aliphatic rings. The van der Waals surface area contributed by atoms with Crippen molar-refractivity contribution in [3.05, 3.63) is 12.2 Å². The van der Waals surface area contributed by atoms with Gasteiger partial charge in [-0.1, -0.05) is 32.9 Å². The molecule has 120 valence electrons. The Labute approximate surface area is 130 Å². The highest BCUT2D eigenvalue weighted by Gasteiger charge is 2.43. The van der Waals surface area contributed by atoms with Crippen molar-refractivity contribution in [1.29, 1.82) is 0 Å². The molecule has 0 aromatic carbocycles. The summed E-state index contributed by atoms with van der Waals surface area (Å²) in [6, 6.07) is 0.345. The van der Waals surface area contributed by atoms with E-state index in [-0.39, 0.29) is 16.9 Å². The van der Waals surface area contributed by atoms with E-state index in [0.29, 0.717) is 12.0 Å². The molecule has 1 aliphatic carbocycles. The molecule has 1 heterocycles. The lowest BCUT2D eigenvalue weighted by molar-refractivity contribution is -0.137. The van der Waals surface area contributed by atoms with Gasteiger partial charge in [-0.3, -0.25) is 4.79 Å². The Kier molecular flexibility index (Phi) is 4.98. The molecule has 0 saturated carbocycles. The summed E-state index contributed by atoms with van der Waals surface area (Å²) in [5, 5.41) is 3.34. The van der Waals surface area contributed by atoms with E-state index in [4.69, 9.17) is 4.43 Å². The molecule has 0 bridgehead atoms. The zero-order valence-electron chi connectivity index (χ0n) is 14.2. The second kappa shape index (κ2) is 6.25. The molecule has 0 aromatic rings. The van der Waals surface area contributed by atoms with Crippen LogP contribution in [0, 0.1) is 11.8 Å². The lowest BCUT2D eigenvalue weighted by Crippen LogP contribution is -2.61. The highest BCUT2D eigenvalue weighted by molar-refractivity contribution is 6.74. The number of hydrogen-bond donors (Lipinski definition) is 1. The number of carbonyl (C=O) groups excluding carboxylic acids is 1. The van der Waals surface area contributed by atoms with Crippen LogP contribution in [0.4, 0.5) is 0 Å². The fraction of sp³-hybridized carbons (Fsp3) is 0.824. The fourth-order valence-electron chi connectivity index (χ4n) is 2.95. The van der Waals surface area contributed by atoms with Crippen molar-refractivity contribution in [3.8, 4) is 0 Å². The zero-order valence-corrected chi connectivity index (χ0v) is 15.2. The zero-order chi connectivity index (χ0) is 15.7. The summed E-state index contributed by atoms with van der Waals surface area (Å²) < 4.78 is 6.23. The molecule has 21 heavy (non-hydrogen) atoms. The molecule has 3 atom stereocenters. The molecule has 0 spiro atoms. The van der Waals surface area contributed by atoms with Crippen LogP contribution in [-0.4, -0.2) is 26.9 Å². The van der Waals surface area contributed by atoms with E-state index in [0.717, 1.165) is 13.0 Å². The minimum atomic E-state index is -1.69. The maximum atomic E-state index is 11.9. The fourth-order valence-corrected chi connectivity index (χ4v) is 4.01. The van der Waals surface area contributed by atoms with Gasteiger partial charge in [0.15, 0.2) is 8.32 Å². The molecule has 2 rings (SSSR count). The largest absolute Gasteiger partial charge is 0.417 e. The Morgan fingerprint density at radius 2 is 2.10 bits per heavy atom. The summed E-state index contributed by atoms with van der Waals surface area (Å²) in [5.41, 5.74) is 0. The topological polar surface area (TPSA) is 38.3 Å². The predicted molar refractivity (Wildman–Crippen MR) is 89.7 cm³/mol. The first kappa shape index (κ1) is 16.8. The third-order valence-corrected chi connectivity index (χ3v) is 10.1. The third kappa shape index (κ3) is 3.78. The van der Waals surface area contributed by atoms with Gasteiger partial charge < -0.3 is 9.74 Å². The van der Waals surface area contributed by atoms with E-state index >= 15 is 0 Å². The molecular weight excluding hydrogens is 278 g/mol. The van der Waals surface area contributed by atoms with Crippen LogP contribution in [0.3, 0.4) is 0 Å². The number of nitrogens with one attached hydrogen (secondary N) is 1. The first-order valence-electron chi connectivity index (χ1n) is 8.33. The van der Waals surface area contributed by atoms with E-state index < -0.39 is 8.32 Å². The molecule has 0 radical (unpaired) electrons. The van der Waals surface area contributed by atoms with Gasteiger partial charge in [0.1, 0.15) is 0 Å². The molecule has 0 aromatic heterocycles. The molecule has 0 unspecified atom stereocenters. The van der Waals surface area contributed by atoms with Gasteiger partial charge in [0, 0.05) is 12.6 Å². The molecule has 1 aliphatic heterocycles. The van der Waals surface area contributed by atoms with E-state index in [2.05, 4.69) is 51.3 Å². The van der Waals surface area contributed by atoms with Crippen molar-refractivity contribution in [3.63, 3.8) is 0 Å². The number of hydrogen-bond acceptors (Lipinski definition) is 2. The normalized spacial score (nSPS) is 30.0. The number of β-lactam (4-membered cyclic amide) rings is 1. The van der Waals surface area contributed by atoms with E-state index in [9.17, 15) is 4.79 Å².